The smallest absolute Gasteiger partial charge is 0.142 e. The van der Waals surface area contributed by atoms with Crippen molar-refractivity contribution in [2.24, 2.45) is 0 Å². The number of pyridine rings is 1. The molecule has 1 fully saturated rings. The zero-order valence-corrected chi connectivity index (χ0v) is 10.6. The molecular weight excluding hydrogens is 245 g/mol. The molecule has 6 heteroatoms. The number of aromatic nitrogens is 3. The van der Waals surface area contributed by atoms with Gasteiger partial charge in [0.25, 0.3) is 0 Å². The summed E-state index contributed by atoms with van der Waals surface area (Å²) >= 11 is 0. The zero-order chi connectivity index (χ0) is 13.1. The number of rotatable bonds is 3. The van der Waals surface area contributed by atoms with Crippen molar-refractivity contribution in [3.63, 3.8) is 0 Å². The van der Waals surface area contributed by atoms with Crippen LogP contribution in [0.15, 0.2) is 24.7 Å². The Morgan fingerprint density at radius 2 is 2.05 bits per heavy atom. The molecule has 0 atom stereocenters. The van der Waals surface area contributed by atoms with Crippen LogP contribution in [-0.4, -0.2) is 46.0 Å². The third-order valence-electron chi connectivity index (χ3n) is 3.23. The van der Waals surface area contributed by atoms with E-state index in [0.717, 1.165) is 49.8 Å². The summed E-state index contributed by atoms with van der Waals surface area (Å²) in [6.07, 6.45) is 4.56. The summed E-state index contributed by atoms with van der Waals surface area (Å²) in [6, 6.07) is 1.45. The molecule has 0 bridgehead atoms. The molecule has 0 unspecified atom stereocenters. The molecule has 3 heterocycles. The summed E-state index contributed by atoms with van der Waals surface area (Å²) < 4.78 is 13.1. The summed E-state index contributed by atoms with van der Waals surface area (Å²) in [5, 5.41) is 3.32. The standard InChI is InChI=1S/C13H16FN5/c14-11-5-10(6-16-7-11)12-8-17-13(18-12)9-19-3-1-15-2-4-19/h5-8,15H,1-4,9H2,(H,17,18). The first-order valence-corrected chi connectivity index (χ1v) is 6.39. The Morgan fingerprint density at radius 1 is 1.21 bits per heavy atom. The van der Waals surface area contributed by atoms with E-state index in [1.165, 1.54) is 12.3 Å². The van der Waals surface area contributed by atoms with Gasteiger partial charge >= 0.3 is 0 Å². The highest BCUT2D eigenvalue weighted by molar-refractivity contribution is 5.56. The number of halogens is 1. The molecule has 3 rings (SSSR count). The summed E-state index contributed by atoms with van der Waals surface area (Å²) in [4.78, 5) is 13.8. The predicted molar refractivity (Wildman–Crippen MR) is 69.9 cm³/mol. The predicted octanol–water partition coefficient (Wildman–Crippen LogP) is 1.02. The first-order chi connectivity index (χ1) is 9.31. The lowest BCUT2D eigenvalue weighted by Crippen LogP contribution is -2.43. The Balaban J connectivity index is 1.72. The van der Waals surface area contributed by atoms with Gasteiger partial charge in [-0.15, -0.1) is 0 Å². The van der Waals surface area contributed by atoms with Gasteiger partial charge in [-0.05, 0) is 6.07 Å². The number of aromatic amines is 1. The maximum atomic E-state index is 13.1. The van der Waals surface area contributed by atoms with E-state index in [1.54, 1.807) is 12.4 Å². The SMILES string of the molecule is Fc1cncc(-c2cnc(CN3CCNCC3)[nH]2)c1. The van der Waals surface area contributed by atoms with Crippen LogP contribution in [0.2, 0.25) is 0 Å². The zero-order valence-electron chi connectivity index (χ0n) is 10.6. The van der Waals surface area contributed by atoms with Gasteiger partial charge < -0.3 is 10.3 Å². The molecular formula is C13H16FN5. The fraction of sp³-hybridized carbons (Fsp3) is 0.385. The van der Waals surface area contributed by atoms with E-state index in [-0.39, 0.29) is 5.82 Å². The van der Waals surface area contributed by atoms with Crippen LogP contribution in [-0.2, 0) is 6.54 Å². The molecule has 1 saturated heterocycles. The minimum Gasteiger partial charge on any atom is -0.341 e. The van der Waals surface area contributed by atoms with E-state index >= 15 is 0 Å². The molecule has 0 spiro atoms. The van der Waals surface area contributed by atoms with Crippen molar-refractivity contribution in [1.29, 1.82) is 0 Å². The fourth-order valence-electron chi connectivity index (χ4n) is 2.23. The highest BCUT2D eigenvalue weighted by Gasteiger charge is 2.12. The van der Waals surface area contributed by atoms with Crippen molar-refractivity contribution < 1.29 is 4.39 Å². The van der Waals surface area contributed by atoms with Crippen LogP contribution in [0, 0.1) is 5.82 Å². The number of nitrogens with one attached hydrogen (secondary N) is 2. The Kier molecular flexibility index (Phi) is 3.52. The average molecular weight is 261 g/mol. The first kappa shape index (κ1) is 12.3. The molecule has 1 aliphatic rings. The molecule has 100 valence electrons. The highest BCUT2D eigenvalue weighted by atomic mass is 19.1. The Labute approximate surface area is 110 Å². The molecule has 0 amide bonds. The Morgan fingerprint density at radius 3 is 2.84 bits per heavy atom. The third-order valence-corrected chi connectivity index (χ3v) is 3.23. The van der Waals surface area contributed by atoms with Crippen molar-refractivity contribution >= 4 is 0 Å². The molecule has 0 saturated carbocycles. The third kappa shape index (κ3) is 2.97. The van der Waals surface area contributed by atoms with Crippen molar-refractivity contribution in [2.75, 3.05) is 26.2 Å². The molecule has 2 aromatic heterocycles. The second kappa shape index (κ2) is 5.46. The van der Waals surface area contributed by atoms with Crippen LogP contribution in [0.5, 0.6) is 0 Å². The maximum absolute atomic E-state index is 13.1. The van der Waals surface area contributed by atoms with E-state index in [1.807, 2.05) is 0 Å². The van der Waals surface area contributed by atoms with Crippen molar-refractivity contribution in [3.05, 3.63) is 36.3 Å². The molecule has 0 aromatic carbocycles. The summed E-state index contributed by atoms with van der Waals surface area (Å²) in [5.41, 5.74) is 1.52. The number of nitrogens with zero attached hydrogens (tertiary/aromatic N) is 3. The molecule has 2 aromatic rings. The number of hydrogen-bond donors (Lipinski definition) is 2. The molecule has 0 radical (unpaired) electrons. The summed E-state index contributed by atoms with van der Waals surface area (Å²) in [7, 11) is 0. The monoisotopic (exact) mass is 261 g/mol. The number of H-pyrrole nitrogens is 1. The van der Waals surface area contributed by atoms with Gasteiger partial charge in [-0.2, -0.15) is 0 Å². The lowest BCUT2D eigenvalue weighted by atomic mass is 10.2. The van der Waals surface area contributed by atoms with Gasteiger partial charge in [0.2, 0.25) is 0 Å². The number of piperazine rings is 1. The van der Waals surface area contributed by atoms with Crippen molar-refractivity contribution in [2.45, 2.75) is 6.54 Å². The van der Waals surface area contributed by atoms with Gasteiger partial charge in [-0.3, -0.25) is 9.88 Å². The van der Waals surface area contributed by atoms with Crippen molar-refractivity contribution in [1.82, 2.24) is 25.2 Å². The van der Waals surface area contributed by atoms with Gasteiger partial charge in [0.1, 0.15) is 11.6 Å². The topological polar surface area (TPSA) is 56.8 Å². The van der Waals surface area contributed by atoms with Crippen LogP contribution in [0.25, 0.3) is 11.3 Å². The van der Waals surface area contributed by atoms with Crippen molar-refractivity contribution in [3.8, 4) is 11.3 Å². The second-order valence-corrected chi connectivity index (χ2v) is 4.66. The van der Waals surface area contributed by atoms with Gasteiger partial charge in [0.15, 0.2) is 0 Å². The van der Waals surface area contributed by atoms with Gasteiger partial charge in [0, 0.05) is 37.9 Å². The highest BCUT2D eigenvalue weighted by Crippen LogP contribution is 2.17. The van der Waals surface area contributed by atoms with E-state index < -0.39 is 0 Å². The molecule has 0 aliphatic carbocycles. The Hall–Kier alpha value is -1.79. The minimum atomic E-state index is -0.337. The summed E-state index contributed by atoms with van der Waals surface area (Å²) in [5.74, 6) is 0.567. The molecule has 5 nitrogen and oxygen atoms in total. The van der Waals surface area contributed by atoms with Crippen LogP contribution < -0.4 is 5.32 Å². The minimum absolute atomic E-state index is 0.337. The van der Waals surface area contributed by atoms with E-state index in [2.05, 4.69) is 25.2 Å². The van der Waals surface area contributed by atoms with Gasteiger partial charge in [-0.1, -0.05) is 0 Å². The lowest BCUT2D eigenvalue weighted by Gasteiger charge is -2.26. The average Bonchev–Trinajstić information content (AvgIpc) is 2.88. The quantitative estimate of drug-likeness (QED) is 0.866. The largest absolute Gasteiger partial charge is 0.341 e. The molecule has 19 heavy (non-hydrogen) atoms. The van der Waals surface area contributed by atoms with E-state index in [9.17, 15) is 4.39 Å². The molecule has 2 N–H and O–H groups in total. The maximum Gasteiger partial charge on any atom is 0.142 e. The fourth-order valence-corrected chi connectivity index (χ4v) is 2.23. The van der Waals surface area contributed by atoms with Crippen LogP contribution in [0.4, 0.5) is 4.39 Å². The molecule has 1 aliphatic heterocycles. The van der Waals surface area contributed by atoms with E-state index in [0.29, 0.717) is 0 Å². The van der Waals surface area contributed by atoms with Crippen LogP contribution in [0.3, 0.4) is 0 Å². The van der Waals surface area contributed by atoms with Crippen LogP contribution in [0.1, 0.15) is 5.82 Å². The van der Waals surface area contributed by atoms with E-state index in [4.69, 9.17) is 0 Å². The number of imidazole rings is 1. The van der Waals surface area contributed by atoms with Gasteiger partial charge in [0.05, 0.1) is 24.6 Å². The first-order valence-electron chi connectivity index (χ1n) is 6.39. The lowest BCUT2D eigenvalue weighted by molar-refractivity contribution is 0.228. The van der Waals surface area contributed by atoms with Gasteiger partial charge in [-0.25, -0.2) is 9.37 Å². The number of hydrogen-bond acceptors (Lipinski definition) is 4. The van der Waals surface area contributed by atoms with Crippen LogP contribution >= 0.6 is 0 Å². The Bertz CT molecular complexity index is 547. The second-order valence-electron chi connectivity index (χ2n) is 4.66. The normalized spacial score (nSPS) is 16.7. The summed E-state index contributed by atoms with van der Waals surface area (Å²) in [6.45, 7) is 4.88.